The van der Waals surface area contributed by atoms with Crippen molar-refractivity contribution in [2.24, 2.45) is 0 Å². The molecule has 31 heavy (non-hydrogen) atoms. The normalized spacial score (nSPS) is 10.9. The van der Waals surface area contributed by atoms with E-state index in [9.17, 15) is 4.79 Å². The van der Waals surface area contributed by atoms with Gasteiger partial charge in [0.2, 0.25) is 5.91 Å². The van der Waals surface area contributed by atoms with Crippen molar-refractivity contribution in [3.05, 3.63) is 71.4 Å². The number of hydrogen-bond acceptors (Lipinski definition) is 5. The van der Waals surface area contributed by atoms with Crippen LogP contribution in [-0.4, -0.2) is 41.0 Å². The van der Waals surface area contributed by atoms with Crippen molar-refractivity contribution in [1.29, 1.82) is 0 Å². The Hall–Kier alpha value is -3.32. The highest BCUT2D eigenvalue weighted by molar-refractivity contribution is 7.15. The van der Waals surface area contributed by atoms with Gasteiger partial charge in [0.1, 0.15) is 0 Å². The minimum absolute atomic E-state index is 0.104. The van der Waals surface area contributed by atoms with E-state index in [1.807, 2.05) is 76.3 Å². The highest BCUT2D eigenvalue weighted by Gasteiger charge is 2.17. The van der Waals surface area contributed by atoms with Crippen LogP contribution in [-0.2, 0) is 17.8 Å². The molecule has 0 aliphatic carbocycles. The van der Waals surface area contributed by atoms with E-state index in [4.69, 9.17) is 14.5 Å². The van der Waals surface area contributed by atoms with Crippen molar-refractivity contribution in [2.45, 2.75) is 19.9 Å². The molecule has 6 nitrogen and oxygen atoms in total. The Morgan fingerprint density at radius 1 is 1.10 bits per heavy atom. The Morgan fingerprint density at radius 2 is 1.87 bits per heavy atom. The first-order chi connectivity index (χ1) is 15.1. The molecule has 4 rings (SSSR count). The largest absolute Gasteiger partial charge is 0.493 e. The first kappa shape index (κ1) is 20.9. The third-order valence-corrected chi connectivity index (χ3v) is 6.13. The molecule has 0 saturated carbocycles. The molecule has 0 unspecified atom stereocenters. The average molecular weight is 436 g/mol. The van der Waals surface area contributed by atoms with Crippen molar-refractivity contribution in [3.8, 4) is 22.8 Å². The van der Waals surface area contributed by atoms with Gasteiger partial charge in [0.15, 0.2) is 16.5 Å². The number of likely N-dealkylation sites (N-methyl/N-ethyl adjacent to an activating group) is 1. The molecule has 0 spiro atoms. The number of carbonyl (C=O) groups is 1. The van der Waals surface area contributed by atoms with E-state index in [2.05, 4.69) is 0 Å². The lowest BCUT2D eigenvalue weighted by Crippen LogP contribution is -2.31. The number of methoxy groups -OCH3 is 2. The molecule has 0 radical (unpaired) electrons. The van der Waals surface area contributed by atoms with Gasteiger partial charge in [0, 0.05) is 35.9 Å². The van der Waals surface area contributed by atoms with Crippen LogP contribution in [0.25, 0.3) is 16.2 Å². The molecule has 0 atom stereocenters. The van der Waals surface area contributed by atoms with Crippen molar-refractivity contribution in [2.75, 3.05) is 20.8 Å². The van der Waals surface area contributed by atoms with Crippen LogP contribution < -0.4 is 9.47 Å². The number of imidazole rings is 1. The van der Waals surface area contributed by atoms with Gasteiger partial charge in [-0.2, -0.15) is 0 Å². The maximum Gasteiger partial charge on any atom is 0.228 e. The van der Waals surface area contributed by atoms with Gasteiger partial charge in [-0.15, -0.1) is 11.3 Å². The lowest BCUT2D eigenvalue weighted by Gasteiger charge is -2.21. The molecule has 2 heterocycles. The number of nitrogens with zero attached hydrogens (tertiary/aromatic N) is 3. The quantitative estimate of drug-likeness (QED) is 0.404. The van der Waals surface area contributed by atoms with E-state index < -0.39 is 0 Å². The zero-order chi connectivity index (χ0) is 21.8. The molecule has 7 heteroatoms. The molecule has 2 aromatic heterocycles. The van der Waals surface area contributed by atoms with Crippen molar-refractivity contribution in [3.63, 3.8) is 0 Å². The van der Waals surface area contributed by atoms with Gasteiger partial charge in [0.25, 0.3) is 0 Å². The summed E-state index contributed by atoms with van der Waals surface area (Å²) in [6.07, 6.45) is 2.31. The summed E-state index contributed by atoms with van der Waals surface area (Å²) in [5, 5.41) is 2.01. The molecule has 160 valence electrons. The highest BCUT2D eigenvalue weighted by atomic mass is 32.1. The Balaban J connectivity index is 1.55. The number of thiazole rings is 1. The second kappa shape index (κ2) is 9.22. The minimum Gasteiger partial charge on any atom is -0.493 e. The molecule has 0 N–H and O–H groups in total. The summed E-state index contributed by atoms with van der Waals surface area (Å²) in [5.74, 6) is 1.44. The number of carbonyl (C=O) groups excluding carboxylic acids is 1. The fraction of sp³-hybridized carbons (Fsp3) is 0.250. The molecule has 0 aliphatic heterocycles. The summed E-state index contributed by atoms with van der Waals surface area (Å²) < 4.78 is 12.7. The zero-order valence-corrected chi connectivity index (χ0v) is 18.7. The third kappa shape index (κ3) is 4.41. The van der Waals surface area contributed by atoms with Gasteiger partial charge < -0.3 is 14.4 Å². The summed E-state index contributed by atoms with van der Waals surface area (Å²) >= 11 is 1.54. The Labute approximate surface area is 185 Å². The number of hydrogen-bond donors (Lipinski definition) is 0. The van der Waals surface area contributed by atoms with E-state index in [0.29, 0.717) is 31.0 Å². The summed E-state index contributed by atoms with van der Waals surface area (Å²) in [6, 6.07) is 15.8. The molecule has 1 amide bonds. The van der Waals surface area contributed by atoms with Crippen LogP contribution in [0.3, 0.4) is 0 Å². The second-order valence-corrected chi connectivity index (χ2v) is 7.98. The van der Waals surface area contributed by atoms with Crippen LogP contribution in [0.2, 0.25) is 0 Å². The minimum atomic E-state index is 0.104. The predicted octanol–water partition coefficient (Wildman–Crippen LogP) is 4.67. The molecule has 0 fully saturated rings. The maximum absolute atomic E-state index is 13.0. The number of rotatable bonds is 8. The van der Waals surface area contributed by atoms with E-state index in [1.54, 1.807) is 14.2 Å². The van der Waals surface area contributed by atoms with Crippen LogP contribution in [0.4, 0.5) is 0 Å². The van der Waals surface area contributed by atoms with Crippen molar-refractivity contribution >= 4 is 22.2 Å². The van der Waals surface area contributed by atoms with E-state index >= 15 is 0 Å². The summed E-state index contributed by atoms with van der Waals surface area (Å²) in [5.41, 5.74) is 3.84. The monoisotopic (exact) mass is 435 g/mol. The average Bonchev–Trinajstić information content (AvgIpc) is 3.39. The molecular weight excluding hydrogens is 410 g/mol. The fourth-order valence-electron chi connectivity index (χ4n) is 3.54. The molecule has 0 aliphatic rings. The molecule has 0 bridgehead atoms. The zero-order valence-electron chi connectivity index (χ0n) is 17.9. The Kier molecular flexibility index (Phi) is 6.23. The van der Waals surface area contributed by atoms with Crippen LogP contribution in [0, 0.1) is 0 Å². The van der Waals surface area contributed by atoms with Crippen molar-refractivity contribution in [1.82, 2.24) is 14.3 Å². The lowest BCUT2D eigenvalue weighted by molar-refractivity contribution is -0.130. The molecule has 4 aromatic rings. The predicted molar refractivity (Wildman–Crippen MR) is 123 cm³/mol. The SMILES string of the molecule is CCN(Cc1ccccc1)C(=O)Cc1csc2nc(-c3ccc(OC)c(OC)c3)cn12. The second-order valence-electron chi connectivity index (χ2n) is 7.15. The van der Waals surface area contributed by atoms with E-state index in [0.717, 1.165) is 27.5 Å². The molecule has 2 aromatic carbocycles. The number of fused-ring (bicyclic) bond motifs is 1. The third-order valence-electron chi connectivity index (χ3n) is 5.25. The van der Waals surface area contributed by atoms with Gasteiger partial charge >= 0.3 is 0 Å². The summed E-state index contributed by atoms with van der Waals surface area (Å²) in [4.78, 5) is 20.5. The maximum atomic E-state index is 13.0. The fourth-order valence-corrected chi connectivity index (χ4v) is 4.41. The summed E-state index contributed by atoms with van der Waals surface area (Å²) in [7, 11) is 3.23. The number of aromatic nitrogens is 2. The topological polar surface area (TPSA) is 56.1 Å². The molecule has 0 saturated heterocycles. The smallest absolute Gasteiger partial charge is 0.228 e. The number of amides is 1. The standard InChI is InChI=1S/C24H25N3O3S/c1-4-26(14-17-8-6-5-7-9-17)23(28)13-19-16-31-24-25-20(15-27(19)24)18-10-11-21(29-2)22(12-18)30-3/h5-12,15-16H,4,13-14H2,1-3H3. The van der Waals surface area contributed by atoms with Gasteiger partial charge in [-0.3, -0.25) is 9.20 Å². The van der Waals surface area contributed by atoms with Crippen LogP contribution in [0.5, 0.6) is 11.5 Å². The van der Waals surface area contributed by atoms with Gasteiger partial charge in [-0.05, 0) is 30.7 Å². The van der Waals surface area contributed by atoms with Crippen molar-refractivity contribution < 1.29 is 14.3 Å². The first-order valence-electron chi connectivity index (χ1n) is 10.1. The van der Waals surface area contributed by atoms with E-state index in [-0.39, 0.29) is 5.91 Å². The molecular formula is C24H25N3O3S. The first-order valence-corrected chi connectivity index (χ1v) is 11.0. The summed E-state index contributed by atoms with van der Waals surface area (Å²) in [6.45, 7) is 3.29. The number of benzene rings is 2. The van der Waals surface area contributed by atoms with Crippen LogP contribution in [0.15, 0.2) is 60.1 Å². The Bertz CT molecular complexity index is 1180. The van der Waals surface area contributed by atoms with Crippen LogP contribution >= 0.6 is 11.3 Å². The van der Waals surface area contributed by atoms with Gasteiger partial charge in [-0.1, -0.05) is 30.3 Å². The number of ether oxygens (including phenoxy) is 2. The lowest BCUT2D eigenvalue weighted by atomic mass is 10.1. The van der Waals surface area contributed by atoms with Gasteiger partial charge in [-0.25, -0.2) is 4.98 Å². The van der Waals surface area contributed by atoms with Crippen LogP contribution in [0.1, 0.15) is 18.2 Å². The Morgan fingerprint density at radius 3 is 2.58 bits per heavy atom. The highest BCUT2D eigenvalue weighted by Crippen LogP contribution is 2.32. The van der Waals surface area contributed by atoms with E-state index in [1.165, 1.54) is 11.3 Å². The van der Waals surface area contributed by atoms with Gasteiger partial charge in [0.05, 0.1) is 26.3 Å².